The van der Waals surface area contributed by atoms with Crippen molar-refractivity contribution in [2.45, 2.75) is 13.0 Å². The fraction of sp³-hybridized carbons (Fsp3) is 0.375. The van der Waals surface area contributed by atoms with Crippen LogP contribution in [0.3, 0.4) is 0 Å². The van der Waals surface area contributed by atoms with Gasteiger partial charge in [-0.3, -0.25) is 13.8 Å². The van der Waals surface area contributed by atoms with E-state index < -0.39 is 17.9 Å². The smallest absolute Gasteiger partial charge is 0.339 e. The number of hydrogen-bond donors (Lipinski definition) is 1. The first-order chi connectivity index (χ1) is 7.66. The molecule has 0 aliphatic carbocycles. The van der Waals surface area contributed by atoms with Crippen molar-refractivity contribution in [1.82, 2.24) is 18.6 Å². The number of aromatic amines is 1. The second-order valence-corrected chi connectivity index (χ2v) is 3.50. The highest BCUT2D eigenvalue weighted by Crippen LogP contribution is 2.02. The number of halogens is 2. The molecule has 8 heteroatoms. The highest BCUT2D eigenvalue weighted by Gasteiger charge is 2.13. The summed E-state index contributed by atoms with van der Waals surface area (Å²) in [5.41, 5.74) is -1.04. The molecule has 86 valence electrons. The van der Waals surface area contributed by atoms with Crippen molar-refractivity contribution in [1.29, 1.82) is 0 Å². The highest BCUT2D eigenvalue weighted by molar-refractivity contribution is 6.15. The molecule has 0 aromatic carbocycles. The quantitative estimate of drug-likeness (QED) is 0.844. The van der Waals surface area contributed by atoms with Gasteiger partial charge in [0.05, 0.1) is 13.0 Å². The van der Waals surface area contributed by atoms with E-state index in [0.717, 1.165) is 0 Å². The molecule has 0 aliphatic heterocycles. The largest absolute Gasteiger partial charge is 0.347 e. The first-order valence-corrected chi connectivity index (χ1v) is 4.91. The molecule has 16 heavy (non-hydrogen) atoms. The van der Waals surface area contributed by atoms with Crippen LogP contribution < -0.4 is 11.2 Å². The molecule has 2 rings (SSSR count). The Kier molecular flexibility index (Phi) is 2.78. The van der Waals surface area contributed by atoms with E-state index in [1.54, 1.807) is 0 Å². The van der Waals surface area contributed by atoms with E-state index in [-0.39, 0.29) is 24.1 Å². The van der Waals surface area contributed by atoms with Crippen molar-refractivity contribution in [2.24, 2.45) is 0 Å². The number of aromatic nitrogens is 4. The molecule has 0 saturated carbocycles. The number of H-pyrrole nitrogens is 1. The summed E-state index contributed by atoms with van der Waals surface area (Å²) in [6.07, 6.45) is 1.45. The van der Waals surface area contributed by atoms with Gasteiger partial charge in [-0.05, 0) is 6.42 Å². The topological polar surface area (TPSA) is 72.7 Å². The predicted octanol–water partition coefficient (Wildman–Crippen LogP) is 0.248. The van der Waals surface area contributed by atoms with Crippen LogP contribution in [0.4, 0.5) is 4.39 Å². The lowest BCUT2D eigenvalue weighted by atomic mass is 10.4. The van der Waals surface area contributed by atoms with Crippen LogP contribution in [0.5, 0.6) is 0 Å². The molecule has 0 saturated heterocycles. The van der Waals surface area contributed by atoms with Crippen LogP contribution in [0.15, 0.2) is 15.9 Å². The van der Waals surface area contributed by atoms with Crippen LogP contribution in [0.2, 0.25) is 0 Å². The fourth-order valence-corrected chi connectivity index (χ4v) is 1.63. The maximum Gasteiger partial charge on any atom is 0.347 e. The van der Waals surface area contributed by atoms with E-state index in [9.17, 15) is 14.0 Å². The molecule has 0 aliphatic rings. The molecule has 2 aromatic rings. The number of imidazole rings is 1. The lowest BCUT2D eigenvalue weighted by Crippen LogP contribution is -2.35. The first-order valence-electron chi connectivity index (χ1n) is 4.58. The second kappa shape index (κ2) is 4.09. The van der Waals surface area contributed by atoms with Gasteiger partial charge in [0.2, 0.25) is 0 Å². The molecule has 6 nitrogen and oxygen atoms in total. The Hall–Kier alpha value is -1.63. The summed E-state index contributed by atoms with van der Waals surface area (Å²) < 4.78 is 13.7. The molecule has 0 amide bonds. The average Bonchev–Trinajstić information content (AvgIpc) is 2.75. The number of aryl methyl sites for hydroxylation is 1. The van der Waals surface area contributed by atoms with Crippen LogP contribution >= 0.6 is 11.8 Å². The zero-order chi connectivity index (χ0) is 11.7. The van der Waals surface area contributed by atoms with Gasteiger partial charge in [0.1, 0.15) is 0 Å². The molecule has 0 fully saturated rings. The Bertz CT molecular complexity index is 629. The van der Waals surface area contributed by atoms with Crippen LogP contribution in [-0.2, 0) is 6.54 Å². The van der Waals surface area contributed by atoms with E-state index in [0.29, 0.717) is 4.09 Å². The van der Waals surface area contributed by atoms with Gasteiger partial charge in [0, 0.05) is 18.3 Å². The Balaban J connectivity index is 2.76. The fourth-order valence-electron chi connectivity index (χ4n) is 1.45. The highest BCUT2D eigenvalue weighted by atomic mass is 35.5. The third-order valence-electron chi connectivity index (χ3n) is 2.18. The van der Waals surface area contributed by atoms with Crippen LogP contribution in [0.1, 0.15) is 6.42 Å². The monoisotopic (exact) mass is 246 g/mol. The zero-order valence-electron chi connectivity index (χ0n) is 8.11. The molecule has 0 atom stereocenters. The van der Waals surface area contributed by atoms with E-state index in [4.69, 9.17) is 11.8 Å². The van der Waals surface area contributed by atoms with Crippen LogP contribution in [0.25, 0.3) is 11.2 Å². The zero-order valence-corrected chi connectivity index (χ0v) is 8.87. The number of rotatable bonds is 3. The molecule has 0 bridgehead atoms. The van der Waals surface area contributed by atoms with E-state index in [2.05, 4.69) is 9.97 Å². The molecular weight excluding hydrogens is 239 g/mol. The van der Waals surface area contributed by atoms with Crippen molar-refractivity contribution in [3.05, 3.63) is 27.2 Å². The summed E-state index contributed by atoms with van der Waals surface area (Å²) in [5.74, 6) is 0. The van der Waals surface area contributed by atoms with Gasteiger partial charge in [-0.1, -0.05) is 0 Å². The lowest BCUT2D eigenvalue weighted by molar-refractivity contribution is 0.444. The maximum atomic E-state index is 12.1. The number of nitrogens with zero attached hydrogens (tertiary/aromatic N) is 3. The molecule has 0 spiro atoms. The van der Waals surface area contributed by atoms with Gasteiger partial charge >= 0.3 is 5.69 Å². The number of nitrogens with one attached hydrogen (secondary N) is 1. The summed E-state index contributed by atoms with van der Waals surface area (Å²) in [5, 5.41) is 0. The third-order valence-corrected chi connectivity index (χ3v) is 2.48. The van der Waals surface area contributed by atoms with Crippen molar-refractivity contribution in [3.63, 3.8) is 0 Å². The minimum absolute atomic E-state index is 0.129. The maximum absolute atomic E-state index is 12.1. The molecule has 2 aromatic heterocycles. The summed E-state index contributed by atoms with van der Waals surface area (Å²) >= 11 is 5.53. The SMILES string of the molecule is O=c1c2[nH]cnc2n(CCCF)c(=O)n1Cl. The van der Waals surface area contributed by atoms with Crippen molar-refractivity contribution in [2.75, 3.05) is 6.67 Å². The van der Waals surface area contributed by atoms with Gasteiger partial charge in [0.15, 0.2) is 11.2 Å². The van der Waals surface area contributed by atoms with Gasteiger partial charge in [-0.2, -0.15) is 4.09 Å². The van der Waals surface area contributed by atoms with Gasteiger partial charge < -0.3 is 4.98 Å². The minimum Gasteiger partial charge on any atom is -0.339 e. The first kappa shape index (κ1) is 10.9. The number of fused-ring (bicyclic) bond motifs is 1. The summed E-state index contributed by atoms with van der Waals surface area (Å²) in [4.78, 5) is 29.6. The van der Waals surface area contributed by atoms with Crippen molar-refractivity contribution in [3.8, 4) is 0 Å². The summed E-state index contributed by atoms with van der Waals surface area (Å²) in [6.45, 7) is -0.427. The molecule has 0 unspecified atom stereocenters. The minimum atomic E-state index is -0.709. The lowest BCUT2D eigenvalue weighted by Gasteiger charge is -2.05. The third kappa shape index (κ3) is 1.53. The standard InChI is InChI=1S/C8H8ClFN4O2/c9-14-7(15)5-6(12-4-11-5)13(8(14)16)3-1-2-10/h4H,1-3H2,(H,11,12). The van der Waals surface area contributed by atoms with E-state index in [1.165, 1.54) is 10.9 Å². The Labute approximate surface area is 93.4 Å². The number of hydrogen-bond acceptors (Lipinski definition) is 3. The number of alkyl halides is 1. The molecule has 1 N–H and O–H groups in total. The molecule has 2 heterocycles. The normalized spacial score (nSPS) is 11.1. The van der Waals surface area contributed by atoms with Gasteiger partial charge in [-0.25, -0.2) is 9.78 Å². The van der Waals surface area contributed by atoms with Crippen molar-refractivity contribution < 1.29 is 4.39 Å². The second-order valence-electron chi connectivity index (χ2n) is 3.16. The van der Waals surface area contributed by atoms with Crippen LogP contribution in [-0.4, -0.2) is 25.3 Å². The van der Waals surface area contributed by atoms with E-state index >= 15 is 0 Å². The van der Waals surface area contributed by atoms with E-state index in [1.807, 2.05) is 0 Å². The Morgan fingerprint density at radius 2 is 2.25 bits per heavy atom. The Morgan fingerprint density at radius 3 is 2.94 bits per heavy atom. The molecular formula is C8H8ClFN4O2. The average molecular weight is 247 g/mol. The summed E-state index contributed by atoms with van der Waals surface area (Å²) in [6, 6.07) is 0. The van der Waals surface area contributed by atoms with Gasteiger partial charge in [0.25, 0.3) is 5.56 Å². The van der Waals surface area contributed by atoms with Crippen LogP contribution in [0, 0.1) is 0 Å². The molecule has 0 radical (unpaired) electrons. The Morgan fingerprint density at radius 1 is 1.50 bits per heavy atom. The van der Waals surface area contributed by atoms with Gasteiger partial charge in [-0.15, -0.1) is 0 Å². The van der Waals surface area contributed by atoms with Crippen molar-refractivity contribution >= 4 is 22.9 Å². The predicted molar refractivity (Wildman–Crippen MR) is 56.5 cm³/mol. The summed E-state index contributed by atoms with van der Waals surface area (Å²) in [7, 11) is 0.